The van der Waals surface area contributed by atoms with Crippen LogP contribution in [0.2, 0.25) is 5.04 Å². The lowest BCUT2D eigenvalue weighted by molar-refractivity contribution is -0.123. The van der Waals surface area contributed by atoms with E-state index in [1.54, 1.807) is 13.8 Å². The lowest BCUT2D eigenvalue weighted by Crippen LogP contribution is -2.67. The van der Waals surface area contributed by atoms with E-state index >= 15 is 0 Å². The van der Waals surface area contributed by atoms with E-state index in [2.05, 4.69) is 81.4 Å². The number of hydrogen-bond donors (Lipinski definition) is 1. The maximum atomic E-state index is 11.8. The smallest absolute Gasteiger partial charge is 0.261 e. The van der Waals surface area contributed by atoms with E-state index in [-0.39, 0.29) is 34.9 Å². The van der Waals surface area contributed by atoms with Gasteiger partial charge >= 0.3 is 0 Å². The number of ketones is 2. The lowest BCUT2D eigenvalue weighted by Gasteiger charge is -2.46. The van der Waals surface area contributed by atoms with E-state index in [9.17, 15) is 9.59 Å². The number of carbonyl (C=O) groups excluding carboxylic acids is 2. The first-order valence-corrected chi connectivity index (χ1v) is 15.9. The van der Waals surface area contributed by atoms with Crippen LogP contribution in [-0.2, 0) is 14.0 Å². The van der Waals surface area contributed by atoms with Crippen molar-refractivity contribution in [2.45, 2.75) is 103 Å². The molecule has 0 aromatic heterocycles. The first-order valence-electron chi connectivity index (χ1n) is 14.0. The molecule has 37 heavy (non-hydrogen) atoms. The van der Waals surface area contributed by atoms with Crippen molar-refractivity contribution >= 4 is 30.3 Å². The predicted octanol–water partition coefficient (Wildman–Crippen LogP) is 5.84. The molecule has 0 amide bonds. The summed E-state index contributed by atoms with van der Waals surface area (Å²) in [5.41, 5.74) is 0. The Morgan fingerprint density at radius 2 is 1.08 bits per heavy atom. The van der Waals surface area contributed by atoms with E-state index < -0.39 is 8.32 Å². The zero-order valence-electron chi connectivity index (χ0n) is 23.4. The molecule has 1 N–H and O–H groups in total. The Labute approximate surface area is 225 Å². The van der Waals surface area contributed by atoms with Gasteiger partial charge in [-0.25, -0.2) is 0 Å². The van der Waals surface area contributed by atoms with Crippen LogP contribution < -0.4 is 10.4 Å². The van der Waals surface area contributed by atoms with Gasteiger partial charge in [0, 0.05) is 17.9 Å². The Bertz CT molecular complexity index is 943. The van der Waals surface area contributed by atoms with Crippen molar-refractivity contribution < 1.29 is 19.1 Å². The monoisotopic (exact) mass is 522 g/mol. The molecule has 5 heteroatoms. The van der Waals surface area contributed by atoms with Crippen LogP contribution in [0.4, 0.5) is 0 Å². The van der Waals surface area contributed by atoms with E-state index in [1.165, 1.54) is 10.4 Å². The average molecular weight is 523 g/mol. The van der Waals surface area contributed by atoms with Crippen LogP contribution >= 0.6 is 0 Å². The SMILES string of the molecule is CC(=O)C1CCC(O)CC1.CC(=O)C1CCC(O[Si](c2ccccc2)(c2ccccc2)C(C)(C)C)CC1. The normalized spacial score (nSPS) is 24.5. The van der Waals surface area contributed by atoms with Gasteiger partial charge in [-0.05, 0) is 80.6 Å². The summed E-state index contributed by atoms with van der Waals surface area (Å²) < 4.78 is 7.17. The first-order chi connectivity index (χ1) is 17.5. The summed E-state index contributed by atoms with van der Waals surface area (Å²) >= 11 is 0. The highest BCUT2D eigenvalue weighted by molar-refractivity contribution is 6.99. The van der Waals surface area contributed by atoms with Gasteiger partial charge in [-0.15, -0.1) is 0 Å². The third-order valence-electron chi connectivity index (χ3n) is 8.28. The van der Waals surface area contributed by atoms with Crippen LogP contribution in [0.1, 0.15) is 86.0 Å². The van der Waals surface area contributed by atoms with Crippen LogP contribution in [0.15, 0.2) is 60.7 Å². The Balaban J connectivity index is 0.000000319. The van der Waals surface area contributed by atoms with Crippen molar-refractivity contribution in [3.63, 3.8) is 0 Å². The zero-order valence-corrected chi connectivity index (χ0v) is 24.4. The van der Waals surface area contributed by atoms with Gasteiger partial charge in [-0.1, -0.05) is 81.4 Å². The molecule has 0 aliphatic heterocycles. The Hall–Kier alpha value is -2.08. The van der Waals surface area contributed by atoms with E-state index in [1.807, 2.05) is 0 Å². The molecule has 0 spiro atoms. The second-order valence-electron chi connectivity index (χ2n) is 12.0. The topological polar surface area (TPSA) is 63.6 Å². The van der Waals surface area contributed by atoms with Crippen molar-refractivity contribution in [1.29, 1.82) is 0 Å². The summed E-state index contributed by atoms with van der Waals surface area (Å²) in [6, 6.07) is 21.6. The summed E-state index contributed by atoms with van der Waals surface area (Å²) in [6.45, 7) is 10.3. The molecule has 202 valence electrons. The first kappa shape index (κ1) is 29.5. The van der Waals surface area contributed by atoms with Crippen LogP contribution in [0.25, 0.3) is 0 Å². The molecule has 2 aliphatic rings. The molecule has 2 aromatic rings. The van der Waals surface area contributed by atoms with Gasteiger partial charge < -0.3 is 9.53 Å². The summed E-state index contributed by atoms with van der Waals surface area (Å²) in [6.07, 6.45) is 7.35. The second kappa shape index (κ2) is 13.1. The van der Waals surface area contributed by atoms with E-state index in [0.717, 1.165) is 51.4 Å². The molecule has 2 saturated carbocycles. The Morgan fingerprint density at radius 1 is 0.703 bits per heavy atom. The summed E-state index contributed by atoms with van der Waals surface area (Å²) in [5.74, 6) is 1.08. The van der Waals surface area contributed by atoms with Crippen LogP contribution in [0, 0.1) is 11.8 Å². The highest BCUT2D eigenvalue weighted by Gasteiger charge is 2.51. The van der Waals surface area contributed by atoms with Gasteiger partial charge in [-0.3, -0.25) is 9.59 Å². The highest BCUT2D eigenvalue weighted by atomic mass is 28.4. The molecule has 0 radical (unpaired) electrons. The number of hydrogen-bond acceptors (Lipinski definition) is 4. The number of rotatable bonds is 6. The standard InChI is InChI=1S/C24H32O2Si.C8H14O2/c1-19(25)20-15-17-21(18-16-20)26-27(24(2,3)4,22-11-7-5-8-12-22)23-13-9-6-10-14-23;1-6(9)7-2-4-8(10)5-3-7/h5-14,20-21H,15-18H2,1-4H3;7-8,10H,2-5H2,1H3. The van der Waals surface area contributed by atoms with Crippen molar-refractivity contribution in [2.75, 3.05) is 0 Å². The van der Waals surface area contributed by atoms with Gasteiger partial charge in [0.25, 0.3) is 8.32 Å². The maximum absolute atomic E-state index is 11.8. The third-order valence-corrected chi connectivity index (χ3v) is 13.4. The molecular weight excluding hydrogens is 476 g/mol. The van der Waals surface area contributed by atoms with Gasteiger partial charge in [0.1, 0.15) is 11.6 Å². The molecule has 0 atom stereocenters. The zero-order chi connectivity index (χ0) is 27.1. The van der Waals surface area contributed by atoms with Gasteiger partial charge in [0.05, 0.1) is 6.10 Å². The quantitative estimate of drug-likeness (QED) is 0.484. The van der Waals surface area contributed by atoms with Gasteiger partial charge in [0.15, 0.2) is 0 Å². The van der Waals surface area contributed by atoms with Crippen molar-refractivity contribution in [1.82, 2.24) is 0 Å². The maximum Gasteiger partial charge on any atom is 0.261 e. The number of carbonyl (C=O) groups is 2. The molecule has 2 aliphatic carbocycles. The average Bonchev–Trinajstić information content (AvgIpc) is 2.88. The molecule has 4 nitrogen and oxygen atoms in total. The van der Waals surface area contributed by atoms with Crippen molar-refractivity contribution in [3.05, 3.63) is 60.7 Å². The number of aliphatic hydroxyl groups is 1. The Morgan fingerprint density at radius 3 is 1.43 bits per heavy atom. The molecule has 0 unspecified atom stereocenters. The predicted molar refractivity (Wildman–Crippen MR) is 154 cm³/mol. The lowest BCUT2D eigenvalue weighted by atomic mass is 9.85. The van der Waals surface area contributed by atoms with Crippen LogP contribution in [0.3, 0.4) is 0 Å². The largest absolute Gasteiger partial charge is 0.404 e. The van der Waals surface area contributed by atoms with Crippen molar-refractivity contribution in [3.8, 4) is 0 Å². The summed E-state index contributed by atoms with van der Waals surface area (Å²) in [7, 11) is -2.47. The minimum absolute atomic E-state index is 0.00707. The molecular formula is C32H46O4Si. The number of Topliss-reactive ketones (excluding diaryl/α,β-unsaturated/α-hetero) is 2. The third kappa shape index (κ3) is 7.49. The fourth-order valence-electron chi connectivity index (χ4n) is 6.01. The van der Waals surface area contributed by atoms with Gasteiger partial charge in [0.2, 0.25) is 0 Å². The number of benzene rings is 2. The van der Waals surface area contributed by atoms with E-state index in [4.69, 9.17) is 9.53 Å². The summed E-state index contributed by atoms with van der Waals surface area (Å²) in [5, 5.41) is 11.8. The molecule has 0 heterocycles. The highest BCUT2D eigenvalue weighted by Crippen LogP contribution is 2.40. The molecule has 0 bridgehead atoms. The molecule has 0 saturated heterocycles. The summed E-state index contributed by atoms with van der Waals surface area (Å²) in [4.78, 5) is 22.6. The number of aliphatic hydroxyl groups excluding tert-OH is 1. The molecule has 4 rings (SSSR count). The Kier molecular flexibility index (Phi) is 10.5. The van der Waals surface area contributed by atoms with E-state index in [0.29, 0.717) is 5.78 Å². The minimum atomic E-state index is -2.47. The fourth-order valence-corrected chi connectivity index (χ4v) is 10.8. The molecule has 2 aromatic carbocycles. The van der Waals surface area contributed by atoms with Crippen LogP contribution in [-0.4, -0.2) is 37.2 Å². The van der Waals surface area contributed by atoms with Crippen molar-refractivity contribution in [2.24, 2.45) is 11.8 Å². The minimum Gasteiger partial charge on any atom is -0.404 e. The van der Waals surface area contributed by atoms with Crippen LogP contribution in [0.5, 0.6) is 0 Å². The van der Waals surface area contributed by atoms with Gasteiger partial charge in [-0.2, -0.15) is 0 Å². The fraction of sp³-hybridized carbons (Fsp3) is 0.562. The molecule has 2 fully saturated rings. The second-order valence-corrected chi connectivity index (χ2v) is 16.2.